The van der Waals surface area contributed by atoms with Crippen molar-refractivity contribution >= 4 is 27.3 Å². The fourth-order valence-electron chi connectivity index (χ4n) is 1.99. The second-order valence-corrected chi connectivity index (χ2v) is 6.33. The van der Waals surface area contributed by atoms with Crippen LogP contribution < -0.4 is 5.73 Å². The zero-order chi connectivity index (χ0) is 14.0. The van der Waals surface area contributed by atoms with Crippen LogP contribution in [0.3, 0.4) is 0 Å². The zero-order valence-electron chi connectivity index (χ0n) is 11.3. The number of nitrogens with zero attached hydrogens (tertiary/aromatic N) is 1. The molecular weight excluding hydrogens is 324 g/mol. The average molecular weight is 341 g/mol. The highest BCUT2D eigenvalue weighted by atomic mass is 79.9. The number of hydrogen-bond donors (Lipinski definition) is 1. The van der Waals surface area contributed by atoms with Gasteiger partial charge in [0.2, 0.25) is 0 Å². The molecule has 0 saturated heterocycles. The number of ether oxygens (including phenoxy) is 1. The normalized spacial score (nSPS) is 11.0. The van der Waals surface area contributed by atoms with Crippen LogP contribution in [0.4, 0.5) is 0 Å². The summed E-state index contributed by atoms with van der Waals surface area (Å²) in [5.74, 6) is 0. The van der Waals surface area contributed by atoms with Gasteiger partial charge in [0.05, 0.1) is 12.3 Å². The summed E-state index contributed by atoms with van der Waals surface area (Å²) < 4.78 is 6.32. The van der Waals surface area contributed by atoms with Crippen molar-refractivity contribution in [3.63, 3.8) is 0 Å². The molecule has 102 valence electrons. The minimum Gasteiger partial charge on any atom is -0.378 e. The van der Waals surface area contributed by atoms with E-state index in [4.69, 9.17) is 10.5 Å². The molecular formula is C14H17BrN2OS. The fraction of sp³-hybridized carbons (Fsp3) is 0.357. The first-order valence-corrected chi connectivity index (χ1v) is 7.62. The minimum atomic E-state index is 0.505. The predicted octanol–water partition coefficient (Wildman–Crippen LogP) is 3.79. The molecule has 1 heterocycles. The van der Waals surface area contributed by atoms with E-state index in [0.29, 0.717) is 13.2 Å². The van der Waals surface area contributed by atoms with Crippen molar-refractivity contribution in [1.29, 1.82) is 0 Å². The summed E-state index contributed by atoms with van der Waals surface area (Å²) in [6.45, 7) is 5.20. The van der Waals surface area contributed by atoms with E-state index in [2.05, 4.69) is 46.9 Å². The van der Waals surface area contributed by atoms with Crippen LogP contribution in [0, 0.1) is 13.8 Å². The highest BCUT2D eigenvalue weighted by Crippen LogP contribution is 2.32. The average Bonchev–Trinajstić information content (AvgIpc) is 2.79. The van der Waals surface area contributed by atoms with Crippen LogP contribution in [0.25, 0.3) is 10.6 Å². The molecule has 0 aliphatic rings. The van der Waals surface area contributed by atoms with E-state index >= 15 is 0 Å². The Balaban J connectivity index is 2.47. The van der Waals surface area contributed by atoms with Gasteiger partial charge < -0.3 is 10.5 Å². The quantitative estimate of drug-likeness (QED) is 0.920. The lowest BCUT2D eigenvalue weighted by atomic mass is 10.1. The van der Waals surface area contributed by atoms with Gasteiger partial charge in [-0.1, -0.05) is 15.9 Å². The Hall–Kier alpha value is -0.750. The molecule has 0 atom stereocenters. The second-order valence-electron chi connectivity index (χ2n) is 4.45. The molecule has 0 amide bonds. The Morgan fingerprint density at radius 3 is 2.47 bits per heavy atom. The molecule has 19 heavy (non-hydrogen) atoms. The van der Waals surface area contributed by atoms with Crippen LogP contribution in [0.1, 0.15) is 21.7 Å². The van der Waals surface area contributed by atoms with E-state index in [9.17, 15) is 0 Å². The van der Waals surface area contributed by atoms with Gasteiger partial charge in [-0.25, -0.2) is 4.98 Å². The van der Waals surface area contributed by atoms with Crippen LogP contribution in [-0.2, 0) is 17.9 Å². The number of halogens is 1. The Labute approximate surface area is 125 Å². The van der Waals surface area contributed by atoms with Crippen molar-refractivity contribution in [2.75, 3.05) is 7.11 Å². The third-order valence-corrected chi connectivity index (χ3v) is 5.35. The van der Waals surface area contributed by atoms with E-state index < -0.39 is 0 Å². The van der Waals surface area contributed by atoms with Gasteiger partial charge in [0.1, 0.15) is 5.01 Å². The van der Waals surface area contributed by atoms with Gasteiger partial charge in [0.15, 0.2) is 0 Å². The third-order valence-electron chi connectivity index (χ3n) is 2.93. The van der Waals surface area contributed by atoms with Gasteiger partial charge >= 0.3 is 0 Å². The minimum absolute atomic E-state index is 0.505. The second kappa shape index (κ2) is 6.13. The predicted molar refractivity (Wildman–Crippen MR) is 83.3 cm³/mol. The molecule has 0 aliphatic carbocycles. The van der Waals surface area contributed by atoms with Crippen molar-refractivity contribution in [2.45, 2.75) is 27.0 Å². The lowest BCUT2D eigenvalue weighted by molar-refractivity contribution is 0.181. The Morgan fingerprint density at radius 2 is 1.95 bits per heavy atom. The third kappa shape index (κ3) is 3.05. The maximum atomic E-state index is 5.76. The molecule has 2 rings (SSSR count). The van der Waals surface area contributed by atoms with Crippen LogP contribution in [0.15, 0.2) is 16.6 Å². The van der Waals surface area contributed by atoms with Crippen molar-refractivity contribution in [1.82, 2.24) is 4.98 Å². The zero-order valence-corrected chi connectivity index (χ0v) is 13.7. The van der Waals surface area contributed by atoms with E-state index in [1.807, 2.05) is 0 Å². The van der Waals surface area contributed by atoms with Crippen molar-refractivity contribution in [2.24, 2.45) is 5.73 Å². The number of aromatic nitrogens is 1. The maximum Gasteiger partial charge on any atom is 0.124 e. The summed E-state index contributed by atoms with van der Waals surface area (Å²) in [7, 11) is 1.67. The number of rotatable bonds is 4. The van der Waals surface area contributed by atoms with Crippen molar-refractivity contribution in [3.8, 4) is 10.6 Å². The van der Waals surface area contributed by atoms with Gasteiger partial charge in [0, 0.05) is 28.6 Å². The summed E-state index contributed by atoms with van der Waals surface area (Å²) in [6, 6.07) is 4.29. The maximum absolute atomic E-state index is 5.76. The van der Waals surface area contributed by atoms with E-state index in [0.717, 1.165) is 25.6 Å². The van der Waals surface area contributed by atoms with Crippen LogP contribution in [0.2, 0.25) is 0 Å². The number of aryl methyl sites for hydroxylation is 2. The van der Waals surface area contributed by atoms with Gasteiger partial charge in [-0.2, -0.15) is 0 Å². The lowest BCUT2D eigenvalue weighted by Crippen LogP contribution is -1.99. The lowest BCUT2D eigenvalue weighted by Gasteiger charge is -2.05. The van der Waals surface area contributed by atoms with E-state index in [1.165, 1.54) is 11.1 Å². The first-order chi connectivity index (χ1) is 9.06. The molecule has 0 saturated carbocycles. The number of nitrogens with two attached hydrogens (primary N) is 1. The Bertz CT molecular complexity index is 572. The highest BCUT2D eigenvalue weighted by Gasteiger charge is 2.13. The smallest absolute Gasteiger partial charge is 0.124 e. The van der Waals surface area contributed by atoms with Gasteiger partial charge in [-0.3, -0.25) is 0 Å². The van der Waals surface area contributed by atoms with E-state index in [-0.39, 0.29) is 0 Å². The molecule has 1 aromatic carbocycles. The molecule has 2 aromatic rings. The van der Waals surface area contributed by atoms with Crippen LogP contribution in [0.5, 0.6) is 0 Å². The molecule has 0 radical (unpaired) electrons. The highest BCUT2D eigenvalue weighted by molar-refractivity contribution is 9.10. The van der Waals surface area contributed by atoms with Gasteiger partial charge in [-0.05, 0) is 37.1 Å². The molecule has 0 bridgehead atoms. The molecule has 0 fully saturated rings. The standard InChI is InChI=1S/C14H17BrN2OS/c1-8-4-10(5-9(2)13(8)15)14-17-11(7-18-3)12(6-16)19-14/h4-5H,6-7,16H2,1-3H3. The van der Waals surface area contributed by atoms with Crippen LogP contribution in [-0.4, -0.2) is 12.1 Å². The summed E-state index contributed by atoms with van der Waals surface area (Å²) in [5, 5.41) is 1.01. The topological polar surface area (TPSA) is 48.1 Å². The van der Waals surface area contributed by atoms with Gasteiger partial charge in [0.25, 0.3) is 0 Å². The van der Waals surface area contributed by atoms with E-state index in [1.54, 1.807) is 18.4 Å². The summed E-state index contributed by atoms with van der Waals surface area (Å²) in [5.41, 5.74) is 10.3. The fourth-order valence-corrected chi connectivity index (χ4v) is 3.14. The van der Waals surface area contributed by atoms with Crippen molar-refractivity contribution in [3.05, 3.63) is 38.3 Å². The number of methoxy groups -OCH3 is 1. The monoisotopic (exact) mass is 340 g/mol. The number of benzene rings is 1. The molecule has 0 spiro atoms. The Kier molecular flexibility index (Phi) is 4.73. The largest absolute Gasteiger partial charge is 0.378 e. The molecule has 0 unspecified atom stereocenters. The van der Waals surface area contributed by atoms with Gasteiger partial charge in [-0.15, -0.1) is 11.3 Å². The first-order valence-electron chi connectivity index (χ1n) is 6.01. The molecule has 3 nitrogen and oxygen atoms in total. The van der Waals surface area contributed by atoms with Crippen LogP contribution >= 0.6 is 27.3 Å². The van der Waals surface area contributed by atoms with Crippen molar-refractivity contribution < 1.29 is 4.74 Å². The summed E-state index contributed by atoms with van der Waals surface area (Å²) >= 11 is 5.23. The Morgan fingerprint density at radius 1 is 1.32 bits per heavy atom. The molecule has 1 aromatic heterocycles. The first kappa shape index (κ1) is 14.7. The number of thiazole rings is 1. The molecule has 0 aliphatic heterocycles. The molecule has 2 N–H and O–H groups in total. The molecule has 5 heteroatoms. The summed E-state index contributed by atoms with van der Waals surface area (Å²) in [6.07, 6.45) is 0. The number of hydrogen-bond acceptors (Lipinski definition) is 4. The SMILES string of the molecule is COCc1nc(-c2cc(C)c(Br)c(C)c2)sc1CN. The summed E-state index contributed by atoms with van der Waals surface area (Å²) in [4.78, 5) is 5.74.